The number of halogens is 1. The van der Waals surface area contributed by atoms with Crippen molar-refractivity contribution in [1.29, 1.82) is 0 Å². The van der Waals surface area contributed by atoms with Gasteiger partial charge in [0.25, 0.3) is 5.91 Å². The zero-order chi connectivity index (χ0) is 35.7. The molecule has 0 bridgehead atoms. The van der Waals surface area contributed by atoms with E-state index in [9.17, 15) is 9.59 Å². The maximum absolute atomic E-state index is 14.7. The third-order valence-electron chi connectivity index (χ3n) is 10.3. The van der Waals surface area contributed by atoms with Gasteiger partial charge in [-0.2, -0.15) is 0 Å². The number of benzene rings is 2. The molecule has 1 N–H and O–H groups in total. The molecule has 1 amide bonds. The molecule has 1 aliphatic rings. The number of anilines is 1. The second-order valence-corrected chi connectivity index (χ2v) is 14.6. The number of allylic oxidation sites excluding steroid dienone is 2. The number of hydrogen-bond acceptors (Lipinski definition) is 4. The van der Waals surface area contributed by atoms with Crippen LogP contribution in [0.25, 0.3) is 0 Å². The van der Waals surface area contributed by atoms with Crippen molar-refractivity contribution in [3.8, 4) is 0 Å². The first-order valence-corrected chi connectivity index (χ1v) is 18.7. The molecule has 260 valence electrons. The summed E-state index contributed by atoms with van der Waals surface area (Å²) in [5.41, 5.74) is 10.8. The number of amides is 1. The number of hydrogen-bond donors (Lipinski definition) is 1. The van der Waals surface area contributed by atoms with E-state index in [2.05, 4.69) is 105 Å². The zero-order valence-corrected chi connectivity index (χ0v) is 32.7. The van der Waals surface area contributed by atoms with E-state index in [1.807, 2.05) is 32.9 Å². The Morgan fingerprint density at radius 3 is 2.27 bits per heavy atom. The molecule has 0 saturated carbocycles. The third kappa shape index (κ3) is 9.25. The molecule has 6 heteroatoms. The molecule has 0 aliphatic carbocycles. The first-order valence-electron chi connectivity index (χ1n) is 17.9. The highest BCUT2D eigenvalue weighted by atomic mass is 79.9. The molecule has 5 nitrogen and oxygen atoms in total. The van der Waals surface area contributed by atoms with E-state index in [4.69, 9.17) is 4.99 Å². The van der Waals surface area contributed by atoms with E-state index in [0.717, 1.165) is 59.2 Å². The summed E-state index contributed by atoms with van der Waals surface area (Å²) in [6, 6.07) is 12.5. The number of nitrogens with one attached hydrogen (secondary N) is 1. The summed E-state index contributed by atoms with van der Waals surface area (Å²) >= 11 is 3.68. The smallest absolute Gasteiger partial charge is 0.256 e. The average Bonchev–Trinajstić information content (AvgIpc) is 3.09. The first-order chi connectivity index (χ1) is 22.8. The molecule has 3 rings (SSSR count). The topological polar surface area (TPSA) is 61.8 Å². The van der Waals surface area contributed by atoms with Gasteiger partial charge < -0.3 is 10.2 Å². The molecule has 2 aromatic carbocycles. The van der Waals surface area contributed by atoms with E-state index < -0.39 is 0 Å². The number of carbonyl (C=O) groups excluding carboxylic acids is 2. The Morgan fingerprint density at radius 1 is 1.04 bits per heavy atom. The second kappa shape index (κ2) is 17.9. The van der Waals surface area contributed by atoms with Gasteiger partial charge >= 0.3 is 0 Å². The van der Waals surface area contributed by atoms with Crippen LogP contribution in [-0.2, 0) is 4.79 Å². The Labute approximate surface area is 299 Å². The van der Waals surface area contributed by atoms with Crippen LogP contribution >= 0.6 is 15.9 Å². The van der Waals surface area contributed by atoms with Gasteiger partial charge in [-0.1, -0.05) is 88.7 Å². The lowest BCUT2D eigenvalue weighted by atomic mass is 9.80. The fourth-order valence-corrected chi connectivity index (χ4v) is 6.80. The number of ketones is 1. The van der Waals surface area contributed by atoms with Crippen molar-refractivity contribution in [2.24, 2.45) is 16.8 Å². The van der Waals surface area contributed by atoms with Crippen LogP contribution in [0, 0.1) is 18.8 Å². The summed E-state index contributed by atoms with van der Waals surface area (Å²) in [6.45, 7) is 25.7. The SMILES string of the molecule is C=CC(=O)C(C)C(C)CCC(=C(C)CC)C1=C(Nc2ccc(C(C)C)cc2)CCN(C(=O)c2ccc(Br)c(C)c2N=C(C)CC)C1CC. The van der Waals surface area contributed by atoms with Crippen molar-refractivity contribution in [3.63, 3.8) is 0 Å². The van der Waals surface area contributed by atoms with Crippen LogP contribution in [-0.4, -0.2) is 34.9 Å². The lowest BCUT2D eigenvalue weighted by Crippen LogP contribution is -2.46. The van der Waals surface area contributed by atoms with Crippen LogP contribution in [0.1, 0.15) is 128 Å². The molecular weight excluding hydrogens is 658 g/mol. The minimum atomic E-state index is -0.115. The van der Waals surface area contributed by atoms with Crippen LogP contribution in [0.15, 0.2) is 80.9 Å². The van der Waals surface area contributed by atoms with Gasteiger partial charge in [0.15, 0.2) is 5.78 Å². The van der Waals surface area contributed by atoms with Gasteiger partial charge in [-0.3, -0.25) is 14.6 Å². The Balaban J connectivity index is 2.18. The van der Waals surface area contributed by atoms with Gasteiger partial charge in [-0.15, -0.1) is 0 Å². The predicted molar refractivity (Wildman–Crippen MR) is 209 cm³/mol. The molecule has 3 unspecified atom stereocenters. The summed E-state index contributed by atoms with van der Waals surface area (Å²) in [7, 11) is 0. The van der Waals surface area contributed by atoms with Crippen molar-refractivity contribution >= 4 is 44.7 Å². The van der Waals surface area contributed by atoms with E-state index in [0.29, 0.717) is 24.4 Å². The Bertz CT molecular complexity index is 1560. The van der Waals surface area contributed by atoms with Gasteiger partial charge in [-0.25, -0.2) is 0 Å². The van der Waals surface area contributed by atoms with Crippen molar-refractivity contribution in [2.75, 3.05) is 11.9 Å². The molecule has 0 aromatic heterocycles. The quantitative estimate of drug-likeness (QED) is 0.147. The van der Waals surface area contributed by atoms with Crippen LogP contribution in [0.3, 0.4) is 0 Å². The monoisotopic (exact) mass is 715 g/mol. The van der Waals surface area contributed by atoms with E-state index >= 15 is 0 Å². The van der Waals surface area contributed by atoms with Gasteiger partial charge in [-0.05, 0) is 117 Å². The predicted octanol–water partition coefficient (Wildman–Crippen LogP) is 11.9. The minimum Gasteiger partial charge on any atom is -0.359 e. The van der Waals surface area contributed by atoms with Crippen molar-refractivity contribution < 1.29 is 9.59 Å². The second-order valence-electron chi connectivity index (χ2n) is 13.8. The standard InChI is InChI=1S/C42H58BrN3O2/c1-12-27(7)34(21-16-28(8)30(10)39(47)15-4)40-37(45-33-19-17-32(18-20-33)26(5)6)24-25-46(38(40)14-3)42(48)35-22-23-36(43)31(11)41(35)44-29(9)13-2/h15,17-20,22-23,26,28,30,38,45H,4,12-14,16,21,24-25H2,1-3,5-11H3. The molecule has 2 aromatic rings. The van der Waals surface area contributed by atoms with Crippen LogP contribution < -0.4 is 5.32 Å². The first kappa shape index (κ1) is 39.2. The highest BCUT2D eigenvalue weighted by molar-refractivity contribution is 9.10. The van der Waals surface area contributed by atoms with Gasteiger partial charge in [0.2, 0.25) is 0 Å². The molecule has 0 saturated heterocycles. The summed E-state index contributed by atoms with van der Waals surface area (Å²) in [5, 5.41) is 3.83. The average molecular weight is 717 g/mol. The van der Waals surface area contributed by atoms with Crippen molar-refractivity contribution in [1.82, 2.24) is 4.90 Å². The normalized spacial score (nSPS) is 17.3. The van der Waals surface area contributed by atoms with E-state index in [-0.39, 0.29) is 29.6 Å². The molecule has 0 fully saturated rings. The third-order valence-corrected chi connectivity index (χ3v) is 11.1. The zero-order valence-electron chi connectivity index (χ0n) is 31.1. The molecule has 0 spiro atoms. The Morgan fingerprint density at radius 2 is 1.71 bits per heavy atom. The van der Waals surface area contributed by atoms with E-state index in [1.54, 1.807) is 0 Å². The molecule has 1 aliphatic heterocycles. The highest BCUT2D eigenvalue weighted by Gasteiger charge is 2.36. The summed E-state index contributed by atoms with van der Waals surface area (Å²) in [5.74, 6) is 0.683. The maximum atomic E-state index is 14.7. The molecule has 1 heterocycles. The Hall–Kier alpha value is -3.25. The van der Waals surface area contributed by atoms with Crippen molar-refractivity contribution in [2.45, 2.75) is 120 Å². The maximum Gasteiger partial charge on any atom is 0.256 e. The fraction of sp³-hybridized carbons (Fsp3) is 0.500. The van der Waals surface area contributed by atoms with Gasteiger partial charge in [0.1, 0.15) is 0 Å². The molecule has 3 atom stereocenters. The molecule has 0 radical (unpaired) electrons. The van der Waals surface area contributed by atoms with Gasteiger partial charge in [0.05, 0.1) is 17.3 Å². The van der Waals surface area contributed by atoms with Crippen LogP contribution in [0.2, 0.25) is 0 Å². The summed E-state index contributed by atoms with van der Waals surface area (Å²) < 4.78 is 0.949. The van der Waals surface area contributed by atoms with Gasteiger partial charge in [0, 0.05) is 40.5 Å². The number of rotatable bonds is 15. The summed E-state index contributed by atoms with van der Waals surface area (Å²) in [4.78, 5) is 34.2. The Kier molecular flexibility index (Phi) is 14.7. The fourth-order valence-electron chi connectivity index (χ4n) is 6.48. The molecule has 48 heavy (non-hydrogen) atoms. The highest BCUT2D eigenvalue weighted by Crippen LogP contribution is 2.40. The lowest BCUT2D eigenvalue weighted by Gasteiger charge is -2.41. The number of carbonyl (C=O) groups is 2. The lowest BCUT2D eigenvalue weighted by molar-refractivity contribution is -0.119. The van der Waals surface area contributed by atoms with Crippen LogP contribution in [0.4, 0.5) is 11.4 Å². The van der Waals surface area contributed by atoms with Crippen LogP contribution in [0.5, 0.6) is 0 Å². The van der Waals surface area contributed by atoms with E-state index in [1.165, 1.54) is 34.1 Å². The van der Waals surface area contributed by atoms with Crippen molar-refractivity contribution in [3.05, 3.63) is 92.6 Å². The molecular formula is C42H58BrN3O2. The number of nitrogens with zero attached hydrogens (tertiary/aromatic N) is 2. The minimum absolute atomic E-state index is 0.0185. The number of aliphatic imine (C=N–C) groups is 1. The largest absolute Gasteiger partial charge is 0.359 e. The summed E-state index contributed by atoms with van der Waals surface area (Å²) in [6.07, 6.45) is 6.39.